The van der Waals surface area contributed by atoms with E-state index in [9.17, 15) is 5.11 Å². The van der Waals surface area contributed by atoms with Crippen molar-refractivity contribution in [2.75, 3.05) is 13.1 Å². The second-order valence-electron chi connectivity index (χ2n) is 4.59. The van der Waals surface area contributed by atoms with Gasteiger partial charge in [-0.25, -0.2) is 0 Å². The lowest BCUT2D eigenvalue weighted by Crippen LogP contribution is -2.56. The number of aliphatic hydroxyl groups is 1. The molecular formula is C12H15NO2. The average molecular weight is 205 g/mol. The maximum absolute atomic E-state index is 10.2. The van der Waals surface area contributed by atoms with Crippen molar-refractivity contribution in [2.45, 2.75) is 25.0 Å². The van der Waals surface area contributed by atoms with E-state index >= 15 is 0 Å². The number of benzene rings is 1. The minimum absolute atomic E-state index is 0.268. The molecule has 2 heterocycles. The fourth-order valence-corrected chi connectivity index (χ4v) is 2.28. The van der Waals surface area contributed by atoms with Crippen molar-refractivity contribution in [3.8, 4) is 5.75 Å². The van der Waals surface area contributed by atoms with E-state index in [2.05, 4.69) is 18.3 Å². The fourth-order valence-electron chi connectivity index (χ4n) is 2.28. The van der Waals surface area contributed by atoms with Gasteiger partial charge in [0.05, 0.1) is 0 Å². The minimum atomic E-state index is -0.652. The highest BCUT2D eigenvalue weighted by atomic mass is 16.5. The molecule has 1 fully saturated rings. The van der Waals surface area contributed by atoms with Crippen LogP contribution in [-0.2, 0) is 12.0 Å². The van der Waals surface area contributed by atoms with E-state index in [0.29, 0.717) is 13.1 Å². The minimum Gasteiger partial charge on any atom is -0.490 e. The Kier molecular flexibility index (Phi) is 1.82. The van der Waals surface area contributed by atoms with Crippen LogP contribution in [0.15, 0.2) is 18.2 Å². The summed E-state index contributed by atoms with van der Waals surface area (Å²) >= 11 is 0. The summed E-state index contributed by atoms with van der Waals surface area (Å²) in [6.45, 7) is 3.38. The molecule has 1 unspecified atom stereocenters. The van der Waals surface area contributed by atoms with Crippen molar-refractivity contribution in [1.29, 1.82) is 0 Å². The van der Waals surface area contributed by atoms with E-state index in [0.717, 1.165) is 17.7 Å². The molecule has 15 heavy (non-hydrogen) atoms. The van der Waals surface area contributed by atoms with E-state index in [1.54, 1.807) is 0 Å². The molecule has 0 saturated carbocycles. The predicted molar refractivity (Wildman–Crippen MR) is 57.0 cm³/mol. The summed E-state index contributed by atoms with van der Waals surface area (Å²) in [6.07, 6.45) is 1.22. The number of rotatable bonds is 1. The Morgan fingerprint density at radius 1 is 1.47 bits per heavy atom. The van der Waals surface area contributed by atoms with Gasteiger partial charge < -0.3 is 15.2 Å². The Bertz CT molecular complexity index is 399. The van der Waals surface area contributed by atoms with Gasteiger partial charge in [-0.05, 0) is 30.2 Å². The zero-order valence-corrected chi connectivity index (χ0v) is 8.79. The third kappa shape index (κ3) is 1.34. The Morgan fingerprint density at radius 2 is 2.27 bits per heavy atom. The summed E-state index contributed by atoms with van der Waals surface area (Å²) in [7, 11) is 0. The van der Waals surface area contributed by atoms with Crippen molar-refractivity contribution in [3.63, 3.8) is 0 Å². The second kappa shape index (κ2) is 2.97. The van der Waals surface area contributed by atoms with Crippen molar-refractivity contribution in [1.82, 2.24) is 5.32 Å². The number of ether oxygens (including phenoxy) is 1. The van der Waals surface area contributed by atoms with E-state index in [1.807, 2.05) is 12.1 Å². The van der Waals surface area contributed by atoms with Gasteiger partial charge >= 0.3 is 0 Å². The van der Waals surface area contributed by atoms with Gasteiger partial charge in [-0.3, -0.25) is 0 Å². The summed E-state index contributed by atoms with van der Waals surface area (Å²) in [5.41, 5.74) is 1.58. The fraction of sp³-hybridized carbons (Fsp3) is 0.500. The molecule has 3 rings (SSSR count). The van der Waals surface area contributed by atoms with Crippen LogP contribution < -0.4 is 10.1 Å². The Labute approximate surface area is 89.1 Å². The van der Waals surface area contributed by atoms with Crippen LogP contribution >= 0.6 is 0 Å². The molecule has 2 aliphatic heterocycles. The van der Waals surface area contributed by atoms with Crippen LogP contribution in [0.1, 0.15) is 18.1 Å². The quantitative estimate of drug-likeness (QED) is 0.712. The number of fused-ring (bicyclic) bond motifs is 1. The van der Waals surface area contributed by atoms with Gasteiger partial charge in [-0.15, -0.1) is 0 Å². The van der Waals surface area contributed by atoms with Crippen molar-refractivity contribution in [2.24, 2.45) is 0 Å². The summed E-state index contributed by atoms with van der Waals surface area (Å²) in [5.74, 6) is 0.974. The van der Waals surface area contributed by atoms with Crippen LogP contribution in [0.25, 0.3) is 0 Å². The standard InChI is InChI=1S/C12H15NO2/c1-8-4-9-5-10(2-3-11(9)15-8)12(14)6-13-7-12/h2-3,5,8,13-14H,4,6-7H2,1H3. The van der Waals surface area contributed by atoms with Gasteiger partial charge in [0.2, 0.25) is 0 Å². The number of hydrogen-bond acceptors (Lipinski definition) is 3. The first-order valence-corrected chi connectivity index (χ1v) is 5.40. The van der Waals surface area contributed by atoms with E-state index in [-0.39, 0.29) is 6.10 Å². The zero-order chi connectivity index (χ0) is 10.5. The SMILES string of the molecule is CC1Cc2cc(C3(O)CNC3)ccc2O1. The average Bonchev–Trinajstić information content (AvgIpc) is 2.53. The topological polar surface area (TPSA) is 41.5 Å². The van der Waals surface area contributed by atoms with Crippen LogP contribution in [-0.4, -0.2) is 24.3 Å². The molecule has 0 aromatic heterocycles. The highest BCUT2D eigenvalue weighted by Gasteiger charge is 2.37. The monoisotopic (exact) mass is 205 g/mol. The molecule has 1 atom stereocenters. The normalized spacial score (nSPS) is 26.7. The van der Waals surface area contributed by atoms with Gasteiger partial charge in [-0.1, -0.05) is 6.07 Å². The zero-order valence-electron chi connectivity index (χ0n) is 8.79. The first kappa shape index (κ1) is 9.19. The molecular weight excluding hydrogens is 190 g/mol. The first-order chi connectivity index (χ1) is 7.17. The molecule has 0 spiro atoms. The van der Waals surface area contributed by atoms with Gasteiger partial charge in [-0.2, -0.15) is 0 Å². The lowest BCUT2D eigenvalue weighted by molar-refractivity contribution is -0.0147. The lowest BCUT2D eigenvalue weighted by Gasteiger charge is -2.38. The van der Waals surface area contributed by atoms with E-state index in [4.69, 9.17) is 4.74 Å². The third-order valence-corrected chi connectivity index (χ3v) is 3.27. The van der Waals surface area contributed by atoms with Gasteiger partial charge in [0, 0.05) is 19.5 Å². The number of β-amino-alcohol motifs (C(OH)–C–C–N with tert-alkyl or cyclic N) is 1. The molecule has 0 radical (unpaired) electrons. The number of nitrogens with one attached hydrogen (secondary N) is 1. The molecule has 0 aliphatic carbocycles. The predicted octanol–water partition coefficient (Wildman–Crippen LogP) is 0.801. The lowest BCUT2D eigenvalue weighted by atomic mass is 9.87. The molecule has 0 amide bonds. The highest BCUT2D eigenvalue weighted by Crippen LogP contribution is 2.34. The summed E-state index contributed by atoms with van der Waals surface area (Å²) in [4.78, 5) is 0. The maximum Gasteiger partial charge on any atom is 0.123 e. The van der Waals surface area contributed by atoms with Crippen molar-refractivity contribution >= 4 is 0 Å². The Hall–Kier alpha value is -1.06. The van der Waals surface area contributed by atoms with Gasteiger partial charge in [0.15, 0.2) is 0 Å². The summed E-state index contributed by atoms with van der Waals surface area (Å²) in [6, 6.07) is 6.03. The smallest absolute Gasteiger partial charge is 0.123 e. The molecule has 1 aromatic carbocycles. The molecule has 1 aromatic rings. The summed E-state index contributed by atoms with van der Waals surface area (Å²) < 4.78 is 5.63. The molecule has 1 saturated heterocycles. The largest absolute Gasteiger partial charge is 0.490 e. The molecule has 3 heteroatoms. The third-order valence-electron chi connectivity index (χ3n) is 3.27. The second-order valence-corrected chi connectivity index (χ2v) is 4.59. The van der Waals surface area contributed by atoms with E-state index in [1.165, 1.54) is 5.56 Å². The van der Waals surface area contributed by atoms with Gasteiger partial charge in [0.25, 0.3) is 0 Å². The van der Waals surface area contributed by atoms with Crippen LogP contribution in [0, 0.1) is 0 Å². The maximum atomic E-state index is 10.2. The molecule has 3 nitrogen and oxygen atoms in total. The Morgan fingerprint density at radius 3 is 2.93 bits per heavy atom. The summed E-state index contributed by atoms with van der Waals surface area (Å²) in [5, 5.41) is 13.3. The molecule has 2 N–H and O–H groups in total. The first-order valence-electron chi connectivity index (χ1n) is 5.40. The number of hydrogen-bond donors (Lipinski definition) is 2. The molecule has 80 valence electrons. The van der Waals surface area contributed by atoms with Crippen LogP contribution in [0.4, 0.5) is 0 Å². The Balaban J connectivity index is 1.96. The van der Waals surface area contributed by atoms with Crippen LogP contribution in [0.3, 0.4) is 0 Å². The molecule has 0 bridgehead atoms. The van der Waals surface area contributed by atoms with Gasteiger partial charge in [0.1, 0.15) is 17.5 Å². The van der Waals surface area contributed by atoms with Crippen LogP contribution in [0.5, 0.6) is 5.75 Å². The van der Waals surface area contributed by atoms with Crippen molar-refractivity contribution < 1.29 is 9.84 Å². The molecule has 2 aliphatic rings. The highest BCUT2D eigenvalue weighted by molar-refractivity contribution is 5.43. The van der Waals surface area contributed by atoms with E-state index < -0.39 is 5.60 Å². The van der Waals surface area contributed by atoms with Crippen molar-refractivity contribution in [3.05, 3.63) is 29.3 Å². The van der Waals surface area contributed by atoms with Crippen LogP contribution in [0.2, 0.25) is 0 Å².